The van der Waals surface area contributed by atoms with Crippen molar-refractivity contribution in [2.75, 3.05) is 51.4 Å². The number of aromatic nitrogens is 2. The summed E-state index contributed by atoms with van der Waals surface area (Å²) in [4.78, 5) is 38.7. The molecule has 0 aliphatic carbocycles. The molecular weight excluding hydrogens is 442 g/mol. The lowest BCUT2D eigenvalue weighted by molar-refractivity contribution is -0.120. The first-order valence-electron chi connectivity index (χ1n) is 9.73. The van der Waals surface area contributed by atoms with Crippen molar-refractivity contribution in [3.63, 3.8) is 0 Å². The van der Waals surface area contributed by atoms with Crippen molar-refractivity contribution in [2.45, 2.75) is 12.8 Å². The van der Waals surface area contributed by atoms with Gasteiger partial charge in [-0.05, 0) is 44.7 Å². The SMILES string of the molecule is CNc1snc(C(=O)Nc2cc(C(=O)NCCC(=O)NCCCN(C)C)n(C)c2)c1Cl. The summed E-state index contributed by atoms with van der Waals surface area (Å²) < 4.78 is 5.64. The highest BCUT2D eigenvalue weighted by molar-refractivity contribution is 7.11. The van der Waals surface area contributed by atoms with Crippen LogP contribution in [0, 0.1) is 0 Å². The van der Waals surface area contributed by atoms with E-state index >= 15 is 0 Å². The van der Waals surface area contributed by atoms with Crippen molar-refractivity contribution in [3.05, 3.63) is 28.7 Å². The van der Waals surface area contributed by atoms with Crippen molar-refractivity contribution in [2.24, 2.45) is 7.05 Å². The predicted molar refractivity (Wildman–Crippen MR) is 123 cm³/mol. The molecule has 10 nitrogen and oxygen atoms in total. The van der Waals surface area contributed by atoms with Gasteiger partial charge < -0.3 is 30.7 Å². The Morgan fingerprint density at radius 2 is 1.94 bits per heavy atom. The third-order valence-corrected chi connectivity index (χ3v) is 5.66. The van der Waals surface area contributed by atoms with Gasteiger partial charge in [-0.25, -0.2) is 0 Å². The second kappa shape index (κ2) is 11.7. The zero-order chi connectivity index (χ0) is 23.0. The largest absolute Gasteiger partial charge is 0.377 e. The molecular formula is C19H28ClN7O3S. The lowest BCUT2D eigenvalue weighted by Crippen LogP contribution is -2.32. The normalized spacial score (nSPS) is 10.8. The van der Waals surface area contributed by atoms with E-state index < -0.39 is 5.91 Å². The van der Waals surface area contributed by atoms with Crippen molar-refractivity contribution in [1.82, 2.24) is 24.5 Å². The number of nitrogens with one attached hydrogen (secondary N) is 4. The smallest absolute Gasteiger partial charge is 0.277 e. The van der Waals surface area contributed by atoms with Crippen molar-refractivity contribution >= 4 is 51.5 Å². The van der Waals surface area contributed by atoms with Gasteiger partial charge in [-0.2, -0.15) is 4.37 Å². The summed E-state index contributed by atoms with van der Waals surface area (Å²) in [6.45, 7) is 1.71. The summed E-state index contributed by atoms with van der Waals surface area (Å²) >= 11 is 7.22. The maximum atomic E-state index is 12.4. The fourth-order valence-electron chi connectivity index (χ4n) is 2.72. The Balaban J connectivity index is 1.83. The predicted octanol–water partition coefficient (Wildman–Crippen LogP) is 1.62. The second-order valence-corrected chi connectivity index (χ2v) is 8.27. The first-order valence-corrected chi connectivity index (χ1v) is 10.9. The summed E-state index contributed by atoms with van der Waals surface area (Å²) in [6.07, 6.45) is 2.67. The number of rotatable bonds is 11. The van der Waals surface area contributed by atoms with Gasteiger partial charge in [0, 0.05) is 39.8 Å². The molecule has 4 N–H and O–H groups in total. The highest BCUT2D eigenvalue weighted by Crippen LogP contribution is 2.30. The molecule has 0 aliphatic rings. The zero-order valence-electron chi connectivity index (χ0n) is 18.0. The summed E-state index contributed by atoms with van der Waals surface area (Å²) in [5.41, 5.74) is 0.899. The Hall–Kier alpha value is -2.63. The van der Waals surface area contributed by atoms with Crippen LogP contribution in [0.1, 0.15) is 33.8 Å². The van der Waals surface area contributed by atoms with E-state index in [-0.39, 0.29) is 35.5 Å². The molecule has 2 rings (SSSR count). The van der Waals surface area contributed by atoms with Gasteiger partial charge in [-0.3, -0.25) is 14.4 Å². The van der Waals surface area contributed by atoms with Gasteiger partial charge in [0.05, 0.1) is 5.69 Å². The number of aryl methyl sites for hydroxylation is 1. The average molecular weight is 470 g/mol. The van der Waals surface area contributed by atoms with Gasteiger partial charge in [0.15, 0.2) is 5.69 Å². The molecule has 3 amide bonds. The average Bonchev–Trinajstić information content (AvgIpc) is 3.26. The number of hydrogen-bond acceptors (Lipinski definition) is 7. The molecule has 0 radical (unpaired) electrons. The number of anilines is 2. The monoisotopic (exact) mass is 469 g/mol. The van der Waals surface area contributed by atoms with E-state index in [2.05, 4.69) is 25.6 Å². The molecule has 0 aromatic carbocycles. The molecule has 0 unspecified atom stereocenters. The third kappa shape index (κ3) is 7.23. The summed E-state index contributed by atoms with van der Waals surface area (Å²) in [6, 6.07) is 1.55. The summed E-state index contributed by atoms with van der Waals surface area (Å²) in [5.74, 6) is -0.918. The minimum absolute atomic E-state index is 0.111. The number of carbonyl (C=O) groups is 3. The maximum absolute atomic E-state index is 12.4. The van der Waals surface area contributed by atoms with Crippen LogP contribution in [-0.2, 0) is 11.8 Å². The Kier molecular flexibility index (Phi) is 9.28. The van der Waals surface area contributed by atoms with Crippen LogP contribution in [-0.4, -0.2) is 72.3 Å². The second-order valence-electron chi connectivity index (χ2n) is 7.12. The minimum atomic E-state index is -0.466. The van der Waals surface area contributed by atoms with E-state index in [9.17, 15) is 14.4 Å². The molecule has 0 saturated heterocycles. The zero-order valence-corrected chi connectivity index (χ0v) is 19.6. The minimum Gasteiger partial charge on any atom is -0.377 e. The topological polar surface area (TPSA) is 120 Å². The van der Waals surface area contributed by atoms with Gasteiger partial charge in [-0.1, -0.05) is 11.6 Å². The van der Waals surface area contributed by atoms with Gasteiger partial charge in [0.2, 0.25) is 5.91 Å². The summed E-state index contributed by atoms with van der Waals surface area (Å²) in [7, 11) is 7.34. The first-order chi connectivity index (χ1) is 14.7. The van der Waals surface area contributed by atoms with E-state index in [1.807, 2.05) is 19.0 Å². The Bertz CT molecular complexity index is 926. The van der Waals surface area contributed by atoms with E-state index in [0.717, 1.165) is 24.5 Å². The fourth-order valence-corrected chi connectivity index (χ4v) is 3.72. The number of carbonyl (C=O) groups excluding carboxylic acids is 3. The maximum Gasteiger partial charge on any atom is 0.277 e. The lowest BCUT2D eigenvalue weighted by atomic mass is 10.3. The van der Waals surface area contributed by atoms with Crippen LogP contribution in [0.15, 0.2) is 12.3 Å². The number of nitrogens with zero attached hydrogens (tertiary/aromatic N) is 3. The molecule has 0 atom stereocenters. The van der Waals surface area contributed by atoms with Crippen LogP contribution in [0.5, 0.6) is 0 Å². The van der Waals surface area contributed by atoms with Crippen LogP contribution in [0.2, 0.25) is 5.02 Å². The third-order valence-electron chi connectivity index (χ3n) is 4.31. The Morgan fingerprint density at radius 1 is 1.19 bits per heavy atom. The number of amides is 3. The van der Waals surface area contributed by atoms with E-state index in [1.165, 1.54) is 0 Å². The molecule has 2 aromatic heterocycles. The van der Waals surface area contributed by atoms with Crippen molar-refractivity contribution in [1.29, 1.82) is 0 Å². The van der Waals surface area contributed by atoms with Gasteiger partial charge in [-0.15, -0.1) is 0 Å². The molecule has 2 heterocycles. The van der Waals surface area contributed by atoms with Gasteiger partial charge in [0.1, 0.15) is 15.7 Å². The number of hydrogen-bond donors (Lipinski definition) is 4. The van der Waals surface area contributed by atoms with Crippen LogP contribution in [0.25, 0.3) is 0 Å². The molecule has 0 spiro atoms. The summed E-state index contributed by atoms with van der Waals surface area (Å²) in [5, 5.41) is 11.9. The van der Waals surface area contributed by atoms with Gasteiger partial charge >= 0.3 is 0 Å². The standard InChI is InChI=1S/C19H28ClN7O3S/c1-21-19-15(20)16(25-31-19)18(30)24-12-10-13(27(4)11-12)17(29)23-8-6-14(28)22-7-5-9-26(2)3/h10-11,21H,5-9H2,1-4H3,(H,22,28)(H,23,29)(H,24,30). The van der Waals surface area contributed by atoms with Gasteiger partial charge in [0.25, 0.3) is 11.8 Å². The molecule has 0 saturated carbocycles. The fraction of sp³-hybridized carbons (Fsp3) is 0.474. The molecule has 0 aliphatic heterocycles. The van der Waals surface area contributed by atoms with Crippen molar-refractivity contribution in [3.8, 4) is 0 Å². The molecule has 12 heteroatoms. The quantitative estimate of drug-likeness (QED) is 0.371. The molecule has 0 bridgehead atoms. The highest BCUT2D eigenvalue weighted by atomic mass is 35.5. The molecule has 2 aromatic rings. The Morgan fingerprint density at radius 3 is 2.58 bits per heavy atom. The van der Waals surface area contributed by atoms with E-state index in [0.29, 0.717) is 22.9 Å². The molecule has 170 valence electrons. The first kappa shape index (κ1) is 24.6. The van der Waals surface area contributed by atoms with Crippen LogP contribution < -0.4 is 21.3 Å². The highest BCUT2D eigenvalue weighted by Gasteiger charge is 2.20. The Labute approximate surface area is 190 Å². The molecule has 31 heavy (non-hydrogen) atoms. The number of halogens is 1. The van der Waals surface area contributed by atoms with Crippen molar-refractivity contribution < 1.29 is 14.4 Å². The lowest BCUT2D eigenvalue weighted by Gasteiger charge is -2.10. The van der Waals surface area contributed by atoms with E-state index in [4.69, 9.17) is 11.6 Å². The van der Waals surface area contributed by atoms with E-state index in [1.54, 1.807) is 30.9 Å². The molecule has 0 fully saturated rings. The van der Waals surface area contributed by atoms with Crippen LogP contribution >= 0.6 is 23.1 Å². The van der Waals surface area contributed by atoms with Crippen LogP contribution in [0.3, 0.4) is 0 Å². The van der Waals surface area contributed by atoms with Crippen LogP contribution in [0.4, 0.5) is 10.7 Å².